The first-order valence-electron chi connectivity index (χ1n) is 5.93. The van der Waals surface area contributed by atoms with Crippen molar-refractivity contribution in [1.82, 2.24) is 9.78 Å². The molecule has 0 radical (unpaired) electrons. The fourth-order valence-electron chi connectivity index (χ4n) is 1.82. The Labute approximate surface area is 115 Å². The molecule has 2 aromatic rings. The van der Waals surface area contributed by atoms with Crippen LogP contribution in [0.2, 0.25) is 0 Å². The minimum absolute atomic E-state index is 0.0971. The molecule has 0 aliphatic heterocycles. The van der Waals surface area contributed by atoms with Gasteiger partial charge in [0, 0.05) is 30.5 Å². The Balaban J connectivity index is 2.23. The highest BCUT2D eigenvalue weighted by Gasteiger charge is 2.13. The van der Waals surface area contributed by atoms with Crippen molar-refractivity contribution in [2.24, 2.45) is 7.05 Å². The Morgan fingerprint density at radius 2 is 2.25 bits per heavy atom. The third-order valence-electron chi connectivity index (χ3n) is 3.18. The SMILES string of the molecule is Cc1c(CNc2cc(C(=O)O)c(N)cc2F)cnn1C. The van der Waals surface area contributed by atoms with Crippen molar-refractivity contribution >= 4 is 17.3 Å². The maximum Gasteiger partial charge on any atom is 0.337 e. The van der Waals surface area contributed by atoms with Crippen molar-refractivity contribution < 1.29 is 14.3 Å². The second-order valence-corrected chi connectivity index (χ2v) is 4.46. The third kappa shape index (κ3) is 2.56. The zero-order valence-corrected chi connectivity index (χ0v) is 11.1. The molecule has 0 saturated carbocycles. The molecule has 106 valence electrons. The largest absolute Gasteiger partial charge is 0.478 e. The Bertz CT molecular complexity index is 667. The molecule has 0 spiro atoms. The van der Waals surface area contributed by atoms with Gasteiger partial charge in [0.2, 0.25) is 0 Å². The number of carboxylic acid groups (broad SMARTS) is 1. The minimum Gasteiger partial charge on any atom is -0.478 e. The van der Waals surface area contributed by atoms with E-state index < -0.39 is 11.8 Å². The Morgan fingerprint density at radius 3 is 2.80 bits per heavy atom. The van der Waals surface area contributed by atoms with Gasteiger partial charge in [0.25, 0.3) is 0 Å². The molecule has 0 amide bonds. The van der Waals surface area contributed by atoms with Crippen LogP contribution in [0.5, 0.6) is 0 Å². The number of benzene rings is 1. The Kier molecular flexibility index (Phi) is 3.60. The van der Waals surface area contributed by atoms with E-state index in [0.717, 1.165) is 17.3 Å². The second-order valence-electron chi connectivity index (χ2n) is 4.46. The van der Waals surface area contributed by atoms with Crippen molar-refractivity contribution in [1.29, 1.82) is 0 Å². The maximum absolute atomic E-state index is 13.7. The summed E-state index contributed by atoms with van der Waals surface area (Å²) in [4.78, 5) is 11.0. The quantitative estimate of drug-likeness (QED) is 0.741. The van der Waals surface area contributed by atoms with Crippen LogP contribution in [0.1, 0.15) is 21.6 Å². The van der Waals surface area contributed by atoms with E-state index in [9.17, 15) is 9.18 Å². The summed E-state index contributed by atoms with van der Waals surface area (Å²) in [6.45, 7) is 2.24. The molecule has 0 bridgehead atoms. The zero-order chi connectivity index (χ0) is 14.9. The number of nitrogens with one attached hydrogen (secondary N) is 1. The number of carbonyl (C=O) groups is 1. The lowest BCUT2D eigenvalue weighted by molar-refractivity contribution is 0.0698. The molecule has 4 N–H and O–H groups in total. The highest BCUT2D eigenvalue weighted by atomic mass is 19.1. The molecular weight excluding hydrogens is 263 g/mol. The molecule has 0 atom stereocenters. The summed E-state index contributed by atoms with van der Waals surface area (Å²) in [5, 5.41) is 15.9. The van der Waals surface area contributed by atoms with Crippen LogP contribution in [0.15, 0.2) is 18.3 Å². The number of halogens is 1. The van der Waals surface area contributed by atoms with Gasteiger partial charge in [0.1, 0.15) is 5.82 Å². The average molecular weight is 278 g/mol. The lowest BCUT2D eigenvalue weighted by atomic mass is 10.1. The molecule has 20 heavy (non-hydrogen) atoms. The number of anilines is 2. The van der Waals surface area contributed by atoms with Crippen LogP contribution in [-0.4, -0.2) is 20.9 Å². The van der Waals surface area contributed by atoms with Crippen molar-refractivity contribution in [2.45, 2.75) is 13.5 Å². The van der Waals surface area contributed by atoms with Gasteiger partial charge in [-0.2, -0.15) is 5.10 Å². The number of rotatable bonds is 4. The number of hydrogen-bond acceptors (Lipinski definition) is 4. The number of nitrogens with two attached hydrogens (primary N) is 1. The standard InChI is InChI=1S/C13H15FN4O2/c1-7-8(6-17-18(7)2)5-16-12-3-9(13(19)20)11(15)4-10(12)14/h3-4,6,16H,5,15H2,1-2H3,(H,19,20). The third-order valence-corrected chi connectivity index (χ3v) is 3.18. The minimum atomic E-state index is -1.19. The Hall–Kier alpha value is -2.57. The van der Waals surface area contributed by atoms with Gasteiger partial charge in [0.15, 0.2) is 0 Å². The first kappa shape index (κ1) is 13.9. The predicted octanol–water partition coefficient (Wildman–Crippen LogP) is 1.76. The maximum atomic E-state index is 13.7. The van der Waals surface area contributed by atoms with E-state index in [1.54, 1.807) is 10.9 Å². The van der Waals surface area contributed by atoms with Gasteiger partial charge in [-0.1, -0.05) is 0 Å². The molecule has 0 saturated heterocycles. The van der Waals surface area contributed by atoms with Crippen molar-refractivity contribution in [3.05, 3.63) is 41.0 Å². The highest BCUT2D eigenvalue weighted by molar-refractivity contribution is 5.94. The topological polar surface area (TPSA) is 93.2 Å². The van der Waals surface area contributed by atoms with Crippen molar-refractivity contribution in [3.8, 4) is 0 Å². The molecule has 1 aromatic heterocycles. The van der Waals surface area contributed by atoms with Gasteiger partial charge < -0.3 is 16.2 Å². The lowest BCUT2D eigenvalue weighted by Crippen LogP contribution is -2.08. The van der Waals surface area contributed by atoms with Crippen LogP contribution < -0.4 is 11.1 Å². The van der Waals surface area contributed by atoms with E-state index in [2.05, 4.69) is 10.4 Å². The summed E-state index contributed by atoms with van der Waals surface area (Å²) in [6.07, 6.45) is 1.68. The van der Waals surface area contributed by atoms with Crippen LogP contribution in [0.4, 0.5) is 15.8 Å². The Morgan fingerprint density at radius 1 is 1.55 bits per heavy atom. The number of aromatic carboxylic acids is 1. The van der Waals surface area contributed by atoms with Gasteiger partial charge >= 0.3 is 5.97 Å². The summed E-state index contributed by atoms with van der Waals surface area (Å²) in [5.74, 6) is -1.78. The summed E-state index contributed by atoms with van der Waals surface area (Å²) in [6, 6.07) is 2.20. The van der Waals surface area contributed by atoms with Crippen LogP contribution in [-0.2, 0) is 13.6 Å². The van der Waals surface area contributed by atoms with Gasteiger partial charge in [-0.3, -0.25) is 4.68 Å². The molecule has 2 rings (SSSR count). The molecule has 1 heterocycles. The molecule has 0 aliphatic rings. The van der Waals surface area contributed by atoms with Crippen molar-refractivity contribution in [2.75, 3.05) is 11.1 Å². The number of carboxylic acids is 1. The van der Waals surface area contributed by atoms with Crippen LogP contribution in [0.25, 0.3) is 0 Å². The van der Waals surface area contributed by atoms with E-state index in [-0.39, 0.29) is 16.9 Å². The molecule has 1 aromatic carbocycles. The number of nitrogen functional groups attached to an aromatic ring is 1. The summed E-state index contributed by atoms with van der Waals surface area (Å²) in [5.41, 5.74) is 7.19. The van der Waals surface area contributed by atoms with E-state index in [1.165, 1.54) is 6.07 Å². The normalized spacial score (nSPS) is 10.6. The second kappa shape index (κ2) is 5.20. The van der Waals surface area contributed by atoms with Gasteiger partial charge in [-0.25, -0.2) is 9.18 Å². The zero-order valence-electron chi connectivity index (χ0n) is 11.1. The smallest absolute Gasteiger partial charge is 0.337 e. The van der Waals surface area contributed by atoms with Crippen LogP contribution in [0, 0.1) is 12.7 Å². The van der Waals surface area contributed by atoms with Gasteiger partial charge in [-0.15, -0.1) is 0 Å². The average Bonchev–Trinajstić information content (AvgIpc) is 2.69. The molecule has 0 fully saturated rings. The summed E-state index contributed by atoms with van der Waals surface area (Å²) in [7, 11) is 1.81. The van der Waals surface area contributed by atoms with E-state index in [1.807, 2.05) is 14.0 Å². The summed E-state index contributed by atoms with van der Waals surface area (Å²) < 4.78 is 15.5. The number of nitrogens with zero attached hydrogens (tertiary/aromatic N) is 2. The van der Waals surface area contributed by atoms with Crippen molar-refractivity contribution in [3.63, 3.8) is 0 Å². The number of hydrogen-bond donors (Lipinski definition) is 3. The molecule has 0 unspecified atom stereocenters. The van der Waals surface area contributed by atoms with E-state index in [4.69, 9.17) is 10.8 Å². The highest BCUT2D eigenvalue weighted by Crippen LogP contribution is 2.23. The predicted molar refractivity (Wildman–Crippen MR) is 73.0 cm³/mol. The fraction of sp³-hybridized carbons (Fsp3) is 0.231. The van der Waals surface area contributed by atoms with Gasteiger partial charge in [0.05, 0.1) is 17.4 Å². The van der Waals surface area contributed by atoms with Crippen LogP contribution >= 0.6 is 0 Å². The van der Waals surface area contributed by atoms with E-state index in [0.29, 0.717) is 6.54 Å². The lowest BCUT2D eigenvalue weighted by Gasteiger charge is -2.10. The number of aryl methyl sites for hydroxylation is 1. The molecule has 6 nitrogen and oxygen atoms in total. The summed E-state index contributed by atoms with van der Waals surface area (Å²) >= 11 is 0. The number of aromatic nitrogens is 2. The fourth-order valence-corrected chi connectivity index (χ4v) is 1.82. The molecular formula is C13H15FN4O2. The molecule has 0 aliphatic carbocycles. The first-order chi connectivity index (χ1) is 9.40. The molecule has 7 heteroatoms. The van der Waals surface area contributed by atoms with Crippen LogP contribution in [0.3, 0.4) is 0 Å². The monoisotopic (exact) mass is 278 g/mol. The van der Waals surface area contributed by atoms with E-state index >= 15 is 0 Å². The van der Waals surface area contributed by atoms with Gasteiger partial charge in [-0.05, 0) is 19.1 Å². The first-order valence-corrected chi connectivity index (χ1v) is 5.93.